The lowest BCUT2D eigenvalue weighted by Gasteiger charge is -2.34. The van der Waals surface area contributed by atoms with Crippen molar-refractivity contribution < 1.29 is 14.6 Å². The Labute approximate surface area is 105 Å². The minimum Gasteiger partial charge on any atom is -0.396 e. The number of aryl methyl sites for hydroxylation is 1. The summed E-state index contributed by atoms with van der Waals surface area (Å²) >= 11 is 0. The molecule has 0 saturated carbocycles. The van der Waals surface area contributed by atoms with Gasteiger partial charge in [0.2, 0.25) is 0 Å². The predicted octanol–water partition coefficient (Wildman–Crippen LogP) is -0.681. The molecular weight excluding hydrogens is 236 g/mol. The van der Waals surface area contributed by atoms with Gasteiger partial charge in [-0.3, -0.25) is 9.48 Å². The molecule has 1 aliphatic rings. The first-order valence-corrected chi connectivity index (χ1v) is 5.99. The highest BCUT2D eigenvalue weighted by molar-refractivity contribution is 5.97. The SMILES string of the molecule is CCn1cc(N)c(C(=O)N2CCOCC2CO)n1. The van der Waals surface area contributed by atoms with E-state index in [4.69, 9.17) is 10.5 Å². The summed E-state index contributed by atoms with van der Waals surface area (Å²) < 4.78 is 6.86. The summed E-state index contributed by atoms with van der Waals surface area (Å²) in [5.41, 5.74) is 6.40. The number of nitrogens with zero attached hydrogens (tertiary/aromatic N) is 3. The number of carbonyl (C=O) groups is 1. The van der Waals surface area contributed by atoms with Crippen molar-refractivity contribution in [3.63, 3.8) is 0 Å². The van der Waals surface area contributed by atoms with Crippen LogP contribution in [0, 0.1) is 0 Å². The third-order valence-electron chi connectivity index (χ3n) is 3.02. The molecule has 1 fully saturated rings. The van der Waals surface area contributed by atoms with Crippen molar-refractivity contribution in [2.45, 2.75) is 19.5 Å². The molecule has 1 unspecified atom stereocenters. The number of anilines is 1. The van der Waals surface area contributed by atoms with Gasteiger partial charge in [-0.25, -0.2) is 0 Å². The van der Waals surface area contributed by atoms with Crippen molar-refractivity contribution in [2.75, 3.05) is 32.1 Å². The lowest BCUT2D eigenvalue weighted by atomic mass is 10.2. The highest BCUT2D eigenvalue weighted by atomic mass is 16.5. The standard InChI is InChI=1S/C11H18N4O3/c1-2-14-5-9(12)10(13-14)11(17)15-3-4-18-7-8(15)6-16/h5,8,16H,2-4,6-7,12H2,1H3. The maximum absolute atomic E-state index is 12.3. The lowest BCUT2D eigenvalue weighted by Crippen LogP contribution is -2.50. The molecule has 0 spiro atoms. The second-order valence-electron chi connectivity index (χ2n) is 4.20. The molecule has 1 aromatic rings. The van der Waals surface area contributed by atoms with Gasteiger partial charge in [-0.1, -0.05) is 0 Å². The van der Waals surface area contributed by atoms with Gasteiger partial charge in [-0.2, -0.15) is 5.10 Å². The van der Waals surface area contributed by atoms with E-state index in [1.165, 1.54) is 0 Å². The Kier molecular flexibility index (Phi) is 3.83. The average molecular weight is 254 g/mol. The van der Waals surface area contributed by atoms with E-state index in [0.29, 0.717) is 32.0 Å². The first kappa shape index (κ1) is 12.8. The maximum atomic E-state index is 12.3. The third kappa shape index (κ3) is 2.32. The molecule has 7 heteroatoms. The van der Waals surface area contributed by atoms with E-state index in [-0.39, 0.29) is 24.2 Å². The molecule has 7 nitrogen and oxygen atoms in total. The number of aromatic nitrogens is 2. The molecule has 18 heavy (non-hydrogen) atoms. The summed E-state index contributed by atoms with van der Waals surface area (Å²) in [6, 6.07) is -0.322. The van der Waals surface area contributed by atoms with Gasteiger partial charge in [0.1, 0.15) is 0 Å². The van der Waals surface area contributed by atoms with Crippen LogP contribution in [-0.4, -0.2) is 58.1 Å². The van der Waals surface area contributed by atoms with Crippen LogP contribution in [0.25, 0.3) is 0 Å². The van der Waals surface area contributed by atoms with Gasteiger partial charge in [-0.05, 0) is 6.92 Å². The zero-order valence-corrected chi connectivity index (χ0v) is 10.4. The first-order valence-electron chi connectivity index (χ1n) is 5.99. The van der Waals surface area contributed by atoms with Crippen molar-refractivity contribution in [3.05, 3.63) is 11.9 Å². The number of nitrogens with two attached hydrogens (primary N) is 1. The highest BCUT2D eigenvalue weighted by Gasteiger charge is 2.30. The Morgan fingerprint density at radius 2 is 2.50 bits per heavy atom. The van der Waals surface area contributed by atoms with E-state index in [2.05, 4.69) is 5.10 Å². The predicted molar refractivity (Wildman–Crippen MR) is 65.0 cm³/mol. The van der Waals surface area contributed by atoms with Crippen LogP contribution in [0.15, 0.2) is 6.20 Å². The number of aliphatic hydroxyl groups is 1. The summed E-state index contributed by atoms with van der Waals surface area (Å²) in [6.45, 7) is 3.71. The van der Waals surface area contributed by atoms with Gasteiger partial charge < -0.3 is 20.5 Å². The summed E-state index contributed by atoms with van der Waals surface area (Å²) in [5.74, 6) is -0.248. The normalized spacial score (nSPS) is 20.1. The number of rotatable bonds is 3. The van der Waals surface area contributed by atoms with Crippen molar-refractivity contribution in [1.82, 2.24) is 14.7 Å². The Morgan fingerprint density at radius 3 is 3.11 bits per heavy atom. The smallest absolute Gasteiger partial charge is 0.276 e. The van der Waals surface area contributed by atoms with Crippen molar-refractivity contribution in [2.24, 2.45) is 0 Å². The fourth-order valence-electron chi connectivity index (χ4n) is 1.97. The van der Waals surface area contributed by atoms with Crippen molar-refractivity contribution in [3.8, 4) is 0 Å². The van der Waals surface area contributed by atoms with E-state index in [1.807, 2.05) is 6.92 Å². The minimum absolute atomic E-state index is 0.125. The molecule has 1 aromatic heterocycles. The molecule has 1 amide bonds. The molecule has 0 bridgehead atoms. The van der Waals surface area contributed by atoms with Crippen LogP contribution in [0.2, 0.25) is 0 Å². The van der Waals surface area contributed by atoms with Gasteiger partial charge in [-0.15, -0.1) is 0 Å². The maximum Gasteiger partial charge on any atom is 0.276 e. The van der Waals surface area contributed by atoms with Crippen molar-refractivity contribution >= 4 is 11.6 Å². The fourth-order valence-corrected chi connectivity index (χ4v) is 1.97. The molecule has 0 radical (unpaired) electrons. The van der Waals surface area contributed by atoms with Gasteiger partial charge in [0.15, 0.2) is 5.69 Å². The molecule has 1 atom stereocenters. The number of morpholine rings is 1. The Bertz CT molecular complexity index is 432. The molecule has 0 aliphatic carbocycles. The first-order chi connectivity index (χ1) is 8.67. The van der Waals surface area contributed by atoms with Crippen LogP contribution in [0.3, 0.4) is 0 Å². The van der Waals surface area contributed by atoms with Crippen LogP contribution in [-0.2, 0) is 11.3 Å². The molecular formula is C11H18N4O3. The van der Waals surface area contributed by atoms with Crippen LogP contribution in [0.1, 0.15) is 17.4 Å². The van der Waals surface area contributed by atoms with E-state index >= 15 is 0 Å². The van der Waals surface area contributed by atoms with Crippen LogP contribution < -0.4 is 5.73 Å². The second-order valence-corrected chi connectivity index (χ2v) is 4.20. The zero-order chi connectivity index (χ0) is 13.1. The van der Waals surface area contributed by atoms with Crippen molar-refractivity contribution in [1.29, 1.82) is 0 Å². The van der Waals surface area contributed by atoms with E-state index < -0.39 is 0 Å². The number of hydrogen-bond donors (Lipinski definition) is 2. The van der Waals surface area contributed by atoms with Gasteiger partial charge >= 0.3 is 0 Å². The Morgan fingerprint density at radius 1 is 1.72 bits per heavy atom. The minimum atomic E-state index is -0.322. The van der Waals surface area contributed by atoms with Crippen LogP contribution in [0.5, 0.6) is 0 Å². The Balaban J connectivity index is 2.20. The van der Waals surface area contributed by atoms with Crippen LogP contribution >= 0.6 is 0 Å². The molecule has 0 aromatic carbocycles. The van der Waals surface area contributed by atoms with E-state index in [1.54, 1.807) is 15.8 Å². The number of carbonyl (C=O) groups excluding carboxylic acids is 1. The second kappa shape index (κ2) is 5.36. The number of nitrogen functional groups attached to an aromatic ring is 1. The summed E-state index contributed by atoms with van der Waals surface area (Å²) in [4.78, 5) is 13.9. The number of ether oxygens (including phenoxy) is 1. The summed E-state index contributed by atoms with van der Waals surface area (Å²) in [5, 5.41) is 13.4. The summed E-state index contributed by atoms with van der Waals surface area (Å²) in [7, 11) is 0. The topological polar surface area (TPSA) is 93.6 Å². The average Bonchev–Trinajstić information content (AvgIpc) is 2.79. The van der Waals surface area contributed by atoms with Gasteiger partial charge in [0, 0.05) is 19.3 Å². The molecule has 2 rings (SSSR count). The highest BCUT2D eigenvalue weighted by Crippen LogP contribution is 2.16. The number of hydrogen-bond acceptors (Lipinski definition) is 5. The number of aliphatic hydroxyl groups excluding tert-OH is 1. The quantitative estimate of drug-likeness (QED) is 0.745. The van der Waals surface area contributed by atoms with E-state index in [9.17, 15) is 9.90 Å². The molecule has 3 N–H and O–H groups in total. The summed E-state index contributed by atoms with van der Waals surface area (Å²) in [6.07, 6.45) is 1.64. The molecule has 1 saturated heterocycles. The number of amides is 1. The zero-order valence-electron chi connectivity index (χ0n) is 10.4. The fraction of sp³-hybridized carbons (Fsp3) is 0.636. The third-order valence-corrected chi connectivity index (χ3v) is 3.02. The molecule has 100 valence electrons. The lowest BCUT2D eigenvalue weighted by molar-refractivity contribution is -0.0186. The molecule has 2 heterocycles. The molecule has 1 aliphatic heterocycles. The van der Waals surface area contributed by atoms with Gasteiger partial charge in [0.05, 0.1) is 31.5 Å². The monoisotopic (exact) mass is 254 g/mol. The Hall–Kier alpha value is -1.60. The van der Waals surface area contributed by atoms with Crippen LogP contribution in [0.4, 0.5) is 5.69 Å². The van der Waals surface area contributed by atoms with Gasteiger partial charge in [0.25, 0.3) is 5.91 Å². The van der Waals surface area contributed by atoms with E-state index in [0.717, 1.165) is 0 Å². The largest absolute Gasteiger partial charge is 0.396 e.